The van der Waals surface area contributed by atoms with Crippen LogP contribution in [0.4, 0.5) is 0 Å². The van der Waals surface area contributed by atoms with Crippen LogP contribution in [0.2, 0.25) is 4.34 Å². The van der Waals surface area contributed by atoms with E-state index < -0.39 is 0 Å². The molecule has 1 aliphatic rings. The fourth-order valence-electron chi connectivity index (χ4n) is 1.88. The molecule has 1 aliphatic heterocycles. The van der Waals surface area contributed by atoms with Crippen molar-refractivity contribution in [1.82, 2.24) is 4.90 Å². The highest BCUT2D eigenvalue weighted by atomic mass is 35.5. The van der Waals surface area contributed by atoms with Crippen molar-refractivity contribution in [2.24, 2.45) is 11.7 Å². The Balaban J connectivity index is 1.93. The zero-order valence-electron chi connectivity index (χ0n) is 8.24. The van der Waals surface area contributed by atoms with Crippen molar-refractivity contribution in [2.45, 2.75) is 19.5 Å². The molecule has 2 unspecified atom stereocenters. The molecule has 0 amide bonds. The van der Waals surface area contributed by atoms with Gasteiger partial charge in [0.25, 0.3) is 0 Å². The van der Waals surface area contributed by atoms with Gasteiger partial charge < -0.3 is 5.73 Å². The molecule has 0 bridgehead atoms. The summed E-state index contributed by atoms with van der Waals surface area (Å²) in [6.45, 7) is 5.33. The van der Waals surface area contributed by atoms with E-state index in [9.17, 15) is 0 Å². The van der Waals surface area contributed by atoms with Crippen LogP contribution in [0.25, 0.3) is 0 Å². The Hall–Kier alpha value is -0.0900. The third kappa shape index (κ3) is 2.28. The molecule has 0 spiro atoms. The van der Waals surface area contributed by atoms with E-state index in [-0.39, 0.29) is 0 Å². The molecule has 1 aromatic rings. The van der Waals surface area contributed by atoms with Gasteiger partial charge in [-0.1, -0.05) is 18.5 Å². The maximum Gasteiger partial charge on any atom is 0.0931 e. The van der Waals surface area contributed by atoms with Gasteiger partial charge in [0.1, 0.15) is 0 Å². The molecule has 2 rings (SSSR count). The number of thiophene rings is 1. The fraction of sp³-hybridized carbons (Fsp3) is 0.600. The van der Waals surface area contributed by atoms with Gasteiger partial charge in [-0.15, -0.1) is 11.3 Å². The van der Waals surface area contributed by atoms with Crippen LogP contribution in [0.5, 0.6) is 0 Å². The van der Waals surface area contributed by atoms with Gasteiger partial charge in [0, 0.05) is 30.6 Å². The van der Waals surface area contributed by atoms with Crippen molar-refractivity contribution in [3.8, 4) is 0 Å². The number of halogens is 1. The second-order valence-electron chi connectivity index (χ2n) is 4.04. The average molecular weight is 231 g/mol. The molecule has 2 nitrogen and oxygen atoms in total. The highest BCUT2D eigenvalue weighted by Gasteiger charge is 2.26. The van der Waals surface area contributed by atoms with E-state index in [1.54, 1.807) is 11.3 Å². The Kier molecular flexibility index (Phi) is 3.12. The van der Waals surface area contributed by atoms with Crippen molar-refractivity contribution in [3.05, 3.63) is 21.3 Å². The number of nitrogens with two attached hydrogens (primary N) is 1. The Morgan fingerprint density at radius 2 is 2.36 bits per heavy atom. The number of rotatable bonds is 2. The molecule has 2 N–H and O–H groups in total. The Morgan fingerprint density at radius 3 is 2.86 bits per heavy atom. The second-order valence-corrected chi connectivity index (χ2v) is 5.84. The lowest BCUT2D eigenvalue weighted by Crippen LogP contribution is -2.28. The van der Waals surface area contributed by atoms with Crippen LogP contribution in [-0.4, -0.2) is 24.0 Å². The summed E-state index contributed by atoms with van der Waals surface area (Å²) in [5, 5.41) is 0. The second kappa shape index (κ2) is 4.19. The normalized spacial score (nSPS) is 28.5. The van der Waals surface area contributed by atoms with Crippen LogP contribution in [0.3, 0.4) is 0 Å². The minimum atomic E-state index is 0.338. The molecule has 0 aliphatic carbocycles. The van der Waals surface area contributed by atoms with Gasteiger partial charge in [-0.25, -0.2) is 0 Å². The third-order valence-electron chi connectivity index (χ3n) is 2.75. The minimum Gasteiger partial charge on any atom is -0.326 e. The van der Waals surface area contributed by atoms with Gasteiger partial charge in [-0.2, -0.15) is 0 Å². The predicted octanol–water partition coefficient (Wildman–Crippen LogP) is 2.18. The van der Waals surface area contributed by atoms with Crippen LogP contribution in [0, 0.1) is 5.92 Å². The van der Waals surface area contributed by atoms with E-state index in [0.717, 1.165) is 24.0 Å². The molecule has 4 heteroatoms. The monoisotopic (exact) mass is 230 g/mol. The summed E-state index contributed by atoms with van der Waals surface area (Å²) < 4.78 is 0.872. The predicted molar refractivity (Wildman–Crippen MR) is 61.7 cm³/mol. The van der Waals surface area contributed by atoms with Gasteiger partial charge in [0.15, 0.2) is 0 Å². The summed E-state index contributed by atoms with van der Waals surface area (Å²) in [6.07, 6.45) is 0. The van der Waals surface area contributed by atoms with Crippen molar-refractivity contribution >= 4 is 22.9 Å². The van der Waals surface area contributed by atoms with Crippen molar-refractivity contribution < 1.29 is 0 Å². The lowest BCUT2D eigenvalue weighted by atomic mass is 10.1. The smallest absolute Gasteiger partial charge is 0.0931 e. The highest BCUT2D eigenvalue weighted by molar-refractivity contribution is 7.16. The maximum atomic E-state index is 5.96. The van der Waals surface area contributed by atoms with E-state index in [2.05, 4.69) is 17.9 Å². The van der Waals surface area contributed by atoms with Crippen LogP contribution >= 0.6 is 22.9 Å². The summed E-state index contributed by atoms with van der Waals surface area (Å²) in [5.41, 5.74) is 5.96. The molecule has 1 saturated heterocycles. The van der Waals surface area contributed by atoms with E-state index in [0.29, 0.717) is 12.0 Å². The first kappa shape index (κ1) is 10.4. The first-order valence-electron chi connectivity index (χ1n) is 4.87. The number of nitrogens with zero attached hydrogens (tertiary/aromatic N) is 1. The number of hydrogen-bond donors (Lipinski definition) is 1. The molecular formula is C10H15ClN2S. The van der Waals surface area contributed by atoms with E-state index in [1.165, 1.54) is 4.88 Å². The molecule has 14 heavy (non-hydrogen) atoms. The minimum absolute atomic E-state index is 0.338. The molecule has 0 aromatic carbocycles. The third-order valence-corrected chi connectivity index (χ3v) is 3.97. The Morgan fingerprint density at radius 1 is 1.57 bits per heavy atom. The van der Waals surface area contributed by atoms with Crippen molar-refractivity contribution in [1.29, 1.82) is 0 Å². The molecule has 0 radical (unpaired) electrons. The maximum absolute atomic E-state index is 5.96. The zero-order valence-corrected chi connectivity index (χ0v) is 9.81. The lowest BCUT2D eigenvalue weighted by Gasteiger charge is -2.13. The highest BCUT2D eigenvalue weighted by Crippen LogP contribution is 2.24. The summed E-state index contributed by atoms with van der Waals surface area (Å²) in [4.78, 5) is 3.73. The first-order valence-corrected chi connectivity index (χ1v) is 6.07. The van der Waals surface area contributed by atoms with Gasteiger partial charge in [-0.3, -0.25) is 4.90 Å². The molecule has 78 valence electrons. The Labute approximate surface area is 93.7 Å². The topological polar surface area (TPSA) is 29.3 Å². The van der Waals surface area contributed by atoms with Gasteiger partial charge >= 0.3 is 0 Å². The van der Waals surface area contributed by atoms with E-state index in [4.69, 9.17) is 17.3 Å². The summed E-state index contributed by atoms with van der Waals surface area (Å²) >= 11 is 7.54. The van der Waals surface area contributed by atoms with Crippen molar-refractivity contribution in [3.63, 3.8) is 0 Å². The van der Waals surface area contributed by atoms with Gasteiger partial charge in [0.2, 0.25) is 0 Å². The largest absolute Gasteiger partial charge is 0.326 e. The quantitative estimate of drug-likeness (QED) is 0.844. The molecule has 2 atom stereocenters. The van der Waals surface area contributed by atoms with E-state index in [1.807, 2.05) is 6.07 Å². The van der Waals surface area contributed by atoms with E-state index >= 15 is 0 Å². The standard InChI is InChI=1S/C10H15ClN2S/c1-7-4-13(6-9(7)12)5-8-2-3-10(11)14-8/h2-3,7,9H,4-6,12H2,1H3. The van der Waals surface area contributed by atoms with Gasteiger partial charge in [0.05, 0.1) is 4.34 Å². The van der Waals surface area contributed by atoms with Crippen LogP contribution in [0.15, 0.2) is 12.1 Å². The van der Waals surface area contributed by atoms with Gasteiger partial charge in [-0.05, 0) is 18.1 Å². The van der Waals surface area contributed by atoms with Crippen LogP contribution < -0.4 is 5.73 Å². The molecule has 1 aromatic heterocycles. The number of hydrogen-bond acceptors (Lipinski definition) is 3. The fourth-order valence-corrected chi connectivity index (χ4v) is 3.01. The Bertz CT molecular complexity index is 303. The zero-order chi connectivity index (χ0) is 10.1. The van der Waals surface area contributed by atoms with Crippen molar-refractivity contribution in [2.75, 3.05) is 13.1 Å². The lowest BCUT2D eigenvalue weighted by molar-refractivity contribution is 0.322. The first-order chi connectivity index (χ1) is 6.65. The van der Waals surface area contributed by atoms with Crippen LogP contribution in [-0.2, 0) is 6.54 Å². The molecule has 1 fully saturated rings. The molecule has 2 heterocycles. The summed E-state index contributed by atoms with van der Waals surface area (Å²) in [6, 6.07) is 4.40. The summed E-state index contributed by atoms with van der Waals surface area (Å²) in [5.74, 6) is 0.616. The molecular weight excluding hydrogens is 216 g/mol. The molecule has 0 saturated carbocycles. The van der Waals surface area contributed by atoms with Crippen LogP contribution in [0.1, 0.15) is 11.8 Å². The summed E-state index contributed by atoms with van der Waals surface area (Å²) in [7, 11) is 0. The number of likely N-dealkylation sites (tertiary alicyclic amines) is 1. The average Bonchev–Trinajstić information content (AvgIpc) is 2.62. The SMILES string of the molecule is CC1CN(Cc2ccc(Cl)s2)CC1N.